The fourth-order valence-electron chi connectivity index (χ4n) is 6.58. The lowest BCUT2D eigenvalue weighted by Gasteiger charge is -2.22. The lowest BCUT2D eigenvalue weighted by molar-refractivity contribution is -0.146. The predicted molar refractivity (Wildman–Crippen MR) is 292 cm³/mol. The molecule has 6 N–H and O–H groups in total. The maximum atomic E-state index is 13.3. The summed E-state index contributed by atoms with van der Waals surface area (Å²) in [6.07, 6.45) is 3.13. The van der Waals surface area contributed by atoms with Crippen molar-refractivity contribution in [2.45, 2.75) is 123 Å². The van der Waals surface area contributed by atoms with Crippen molar-refractivity contribution in [3.63, 3.8) is 0 Å². The monoisotopic (exact) mass is 1100 g/mol. The third kappa shape index (κ3) is 19.4. The number of hydrogen-bond acceptors (Lipinski definition) is 15. The molecule has 0 spiro atoms. The van der Waals surface area contributed by atoms with Gasteiger partial charge in [-0.25, -0.2) is 41.0 Å². The number of nitrogen functional groups attached to an aromatic ring is 1. The Kier molecular flexibility index (Phi) is 20.6. The molecule has 17 nitrogen and oxygen atoms in total. The summed E-state index contributed by atoms with van der Waals surface area (Å²) < 4.78 is 67.9. The SMILES string of the molecule is CC(=O)Nc1ccc(-c2cnc(-c3cccc(CC(=O)OC(C)C)c3)s2)c(S(=O)(=O)NC(C)(C)C)c1.CC(=O)Nc1ccc(-c2cnc(-c3cccc(N)c3)s2)c(S(=O)(=O)NC(C)(C)C)c1.CC(C)OC(=O)Cl. The molecule has 0 aliphatic carbocycles. The van der Waals surface area contributed by atoms with Gasteiger partial charge in [-0.1, -0.05) is 42.5 Å². The summed E-state index contributed by atoms with van der Waals surface area (Å²) in [5.41, 5.74) is 8.62. The molecule has 6 rings (SSSR count). The quantitative estimate of drug-likeness (QED) is 0.0387. The molecule has 2 amide bonds. The minimum atomic E-state index is -3.91. The van der Waals surface area contributed by atoms with Crippen LogP contribution in [0.1, 0.15) is 88.6 Å². The highest BCUT2D eigenvalue weighted by atomic mass is 35.5. The van der Waals surface area contributed by atoms with E-state index in [1.807, 2.05) is 42.5 Å². The molecule has 6 aromatic rings. The smallest absolute Gasteiger partial charge is 0.404 e. The van der Waals surface area contributed by atoms with Gasteiger partial charge in [0.1, 0.15) is 10.0 Å². The van der Waals surface area contributed by atoms with Gasteiger partial charge in [-0.05, 0) is 117 Å². The molecule has 0 unspecified atom stereocenters. The number of nitrogens with one attached hydrogen (secondary N) is 4. The first kappa shape index (κ1) is 59.5. The summed E-state index contributed by atoms with van der Waals surface area (Å²) in [5, 5.41) is 6.70. The second kappa shape index (κ2) is 25.2. The Balaban J connectivity index is 0.000000283. The van der Waals surface area contributed by atoms with Gasteiger partial charge in [0.15, 0.2) is 0 Å². The van der Waals surface area contributed by atoms with Crippen LogP contribution < -0.4 is 25.8 Å². The van der Waals surface area contributed by atoms with Crippen LogP contribution in [0.3, 0.4) is 0 Å². The average Bonchev–Trinajstić information content (AvgIpc) is 3.93. The molecular formula is C51H62ClN7O10S4. The highest BCUT2D eigenvalue weighted by Gasteiger charge is 2.28. The summed E-state index contributed by atoms with van der Waals surface area (Å²) in [6.45, 7) is 20.4. The number of esters is 1. The van der Waals surface area contributed by atoms with Gasteiger partial charge >= 0.3 is 11.4 Å². The molecule has 2 aromatic heterocycles. The van der Waals surface area contributed by atoms with Gasteiger partial charge in [0, 0.05) is 88.2 Å². The van der Waals surface area contributed by atoms with Gasteiger partial charge in [-0.3, -0.25) is 14.4 Å². The van der Waals surface area contributed by atoms with E-state index in [4.69, 9.17) is 22.1 Å². The zero-order chi connectivity index (χ0) is 54.6. The first-order valence-electron chi connectivity index (χ1n) is 22.6. The van der Waals surface area contributed by atoms with Crippen molar-refractivity contribution in [1.82, 2.24) is 19.4 Å². The number of thiazole rings is 2. The van der Waals surface area contributed by atoms with Gasteiger partial charge in [0.2, 0.25) is 31.9 Å². The second-order valence-electron chi connectivity index (χ2n) is 19.0. The summed E-state index contributed by atoms with van der Waals surface area (Å²) in [7, 11) is -7.77. The van der Waals surface area contributed by atoms with Crippen LogP contribution in [0.2, 0.25) is 0 Å². The Morgan fingerprint density at radius 2 is 1.05 bits per heavy atom. The van der Waals surface area contributed by atoms with E-state index in [9.17, 15) is 36.0 Å². The van der Waals surface area contributed by atoms with Crippen molar-refractivity contribution in [3.8, 4) is 42.0 Å². The Hall–Kier alpha value is -6.07. The van der Waals surface area contributed by atoms with E-state index in [1.165, 1.54) is 48.7 Å². The number of sulfonamides is 2. The number of rotatable bonds is 14. The van der Waals surface area contributed by atoms with Crippen LogP contribution in [-0.2, 0) is 50.3 Å². The van der Waals surface area contributed by atoms with Crippen molar-refractivity contribution in [2.75, 3.05) is 16.4 Å². The van der Waals surface area contributed by atoms with Crippen LogP contribution in [-0.4, -0.2) is 73.3 Å². The molecule has 0 radical (unpaired) electrons. The van der Waals surface area contributed by atoms with Crippen molar-refractivity contribution >= 4 is 94.6 Å². The number of nitrogens with two attached hydrogens (primary N) is 1. The van der Waals surface area contributed by atoms with Crippen molar-refractivity contribution < 1.29 is 45.5 Å². The summed E-state index contributed by atoms with van der Waals surface area (Å²) in [5.74, 6) is -0.883. The molecule has 22 heteroatoms. The zero-order valence-electron chi connectivity index (χ0n) is 42.7. The lowest BCUT2D eigenvalue weighted by Crippen LogP contribution is -2.40. The van der Waals surface area contributed by atoms with Crippen LogP contribution >= 0.6 is 34.3 Å². The minimum Gasteiger partial charge on any atom is -0.463 e. The fourth-order valence-corrected chi connectivity index (χ4v) is 12.1. The van der Waals surface area contributed by atoms with E-state index < -0.39 is 36.6 Å². The molecule has 0 saturated heterocycles. The van der Waals surface area contributed by atoms with E-state index in [2.05, 4.69) is 34.8 Å². The van der Waals surface area contributed by atoms with Gasteiger partial charge in [-0.2, -0.15) is 0 Å². The fraction of sp³-hybridized carbons (Fsp3) is 0.333. The Labute approximate surface area is 440 Å². The predicted octanol–water partition coefficient (Wildman–Crippen LogP) is 10.9. The average molecular weight is 1100 g/mol. The first-order valence-corrected chi connectivity index (χ1v) is 27.6. The second-order valence-corrected chi connectivity index (χ2v) is 24.7. The number of amides is 2. The van der Waals surface area contributed by atoms with E-state index >= 15 is 0 Å². The number of halogens is 1. The Bertz CT molecular complexity index is 3160. The van der Waals surface area contributed by atoms with E-state index in [1.54, 1.807) is 112 Å². The molecule has 0 saturated carbocycles. The van der Waals surface area contributed by atoms with Gasteiger partial charge < -0.3 is 25.8 Å². The van der Waals surface area contributed by atoms with Crippen molar-refractivity contribution in [3.05, 3.63) is 103 Å². The summed E-state index contributed by atoms with van der Waals surface area (Å²) in [4.78, 5) is 55.3. The molecule has 0 fully saturated rings. The minimum absolute atomic E-state index is 0.0454. The van der Waals surface area contributed by atoms with Gasteiger partial charge in [0.05, 0.1) is 38.2 Å². The molecule has 73 heavy (non-hydrogen) atoms. The summed E-state index contributed by atoms with van der Waals surface area (Å²) in [6, 6.07) is 24.4. The van der Waals surface area contributed by atoms with Gasteiger partial charge in [0.25, 0.3) is 0 Å². The molecule has 2 heterocycles. The van der Waals surface area contributed by atoms with Crippen molar-refractivity contribution in [2.24, 2.45) is 0 Å². The lowest BCUT2D eigenvalue weighted by atomic mass is 10.1. The van der Waals surface area contributed by atoms with Crippen LogP contribution in [0, 0.1) is 0 Å². The maximum absolute atomic E-state index is 13.3. The molecule has 0 bridgehead atoms. The van der Waals surface area contributed by atoms with Crippen LogP contribution in [0.5, 0.6) is 0 Å². The normalized spacial score (nSPS) is 11.7. The zero-order valence-corrected chi connectivity index (χ0v) is 46.7. The Morgan fingerprint density at radius 1 is 0.630 bits per heavy atom. The largest absolute Gasteiger partial charge is 0.463 e. The number of ether oxygens (including phenoxy) is 2. The van der Waals surface area contributed by atoms with Crippen molar-refractivity contribution in [1.29, 1.82) is 0 Å². The molecule has 4 aromatic carbocycles. The Morgan fingerprint density at radius 3 is 1.42 bits per heavy atom. The van der Waals surface area contributed by atoms with E-state index in [0.717, 1.165) is 21.7 Å². The van der Waals surface area contributed by atoms with Crippen LogP contribution in [0.25, 0.3) is 42.0 Å². The number of hydrogen-bond donors (Lipinski definition) is 5. The third-order valence-corrected chi connectivity index (χ3v) is 14.8. The summed E-state index contributed by atoms with van der Waals surface area (Å²) >= 11 is 7.52. The number of aromatic nitrogens is 2. The van der Waals surface area contributed by atoms with Gasteiger partial charge in [-0.15, -0.1) is 22.7 Å². The molecular weight excluding hydrogens is 1030 g/mol. The van der Waals surface area contributed by atoms with E-state index in [-0.39, 0.29) is 46.2 Å². The number of carbonyl (C=O) groups excluding carboxylic acids is 4. The highest BCUT2D eigenvalue weighted by Crippen LogP contribution is 2.39. The molecule has 0 aliphatic rings. The number of anilines is 3. The molecule has 0 aliphatic heterocycles. The van der Waals surface area contributed by atoms with E-state index in [0.29, 0.717) is 43.0 Å². The molecule has 0 atom stereocenters. The first-order chi connectivity index (χ1) is 33.8. The standard InChI is InChI=1S/C26H31N3O5S2.C21H24N4O3S2.C4H7ClO2/c1-16(2)34-24(31)13-18-8-7-9-19(12-18)25-27-15-22(35-25)21-11-10-20(28-17(3)30)14-23(21)36(32,33)29-26(4,5)6;1-13(26)24-16-8-9-17(19(11-16)30(27,28)25-21(2,3)4)18-12-23-20(29-18)14-6-5-7-15(22)10-14;1-3(2)7-4(5)6/h7-12,14-16,29H,13H2,1-6H3,(H,28,30);5-12,25H,22H2,1-4H3,(H,24,26);3H,1-2H3. The third-order valence-electron chi connectivity index (χ3n) is 8.96. The van der Waals surface area contributed by atoms with Crippen LogP contribution in [0.15, 0.2) is 107 Å². The maximum Gasteiger partial charge on any atom is 0.404 e. The molecule has 392 valence electrons. The number of carbonyl (C=O) groups is 4. The topological polar surface area (TPSA) is 255 Å². The number of nitrogens with zero attached hydrogens (tertiary/aromatic N) is 2. The number of benzene rings is 4. The van der Waals surface area contributed by atoms with Crippen LogP contribution in [0.4, 0.5) is 21.9 Å². The highest BCUT2D eigenvalue weighted by molar-refractivity contribution is 7.90.